The smallest absolute Gasteiger partial charge is 0 e. The molecule has 1 atom stereocenters. The van der Waals surface area contributed by atoms with E-state index in [1.807, 2.05) is 36.4 Å². The standard InChI is InChI=1S/C20H19Br.6CO.2Co/c21-20(17-16-19-13-6-2-7-14-19)15-9-3-8-12-18-10-4-1-5-11-18;6*1-2;;/h1-2,4-8,10-14,20H,3,9,15H2;;;;;;;;/b12-8+;;;;;;;;. The van der Waals surface area contributed by atoms with Crippen LogP contribution in [0.4, 0.5) is 0 Å². The first-order chi connectivity index (χ1) is 16.3. The normalized spacial score (nSPS) is 7.46. The van der Waals surface area contributed by atoms with Crippen molar-refractivity contribution in [3.8, 4) is 11.8 Å². The van der Waals surface area contributed by atoms with E-state index in [0.29, 0.717) is 0 Å². The van der Waals surface area contributed by atoms with Crippen molar-refractivity contribution in [1.29, 1.82) is 0 Å². The molecule has 6 nitrogen and oxygen atoms in total. The average molecular weight is 625 g/mol. The van der Waals surface area contributed by atoms with Crippen LogP contribution >= 0.6 is 15.9 Å². The molecule has 0 aromatic heterocycles. The van der Waals surface area contributed by atoms with Crippen LogP contribution < -0.4 is 0 Å². The van der Waals surface area contributed by atoms with E-state index in [0.717, 1.165) is 24.8 Å². The first-order valence-corrected chi connectivity index (χ1v) is 9.41. The Hall–Kier alpha value is -2.33. The van der Waals surface area contributed by atoms with Gasteiger partial charge in [0.1, 0.15) is 0 Å². The van der Waals surface area contributed by atoms with E-state index in [1.165, 1.54) is 5.56 Å². The van der Waals surface area contributed by atoms with Gasteiger partial charge in [0, 0.05) is 39.1 Å². The summed E-state index contributed by atoms with van der Waals surface area (Å²) >= 11 is 3.63. The van der Waals surface area contributed by atoms with Crippen molar-refractivity contribution in [2.45, 2.75) is 24.1 Å². The molecule has 2 aromatic carbocycles. The predicted octanol–water partition coefficient (Wildman–Crippen LogP) is 5.46. The van der Waals surface area contributed by atoms with E-state index >= 15 is 0 Å². The molecule has 0 saturated carbocycles. The van der Waals surface area contributed by atoms with Gasteiger partial charge >= 0.3 is 67.8 Å². The summed E-state index contributed by atoms with van der Waals surface area (Å²) in [5.41, 5.74) is 2.34. The van der Waals surface area contributed by atoms with Crippen molar-refractivity contribution in [3.05, 3.63) is 118 Å². The summed E-state index contributed by atoms with van der Waals surface area (Å²) in [6, 6.07) is 20.5. The summed E-state index contributed by atoms with van der Waals surface area (Å²) in [5.74, 6) is 6.45. The first-order valence-electron chi connectivity index (χ1n) is 8.49. The van der Waals surface area contributed by atoms with E-state index < -0.39 is 0 Å². The minimum Gasteiger partial charge on any atom is 0 e. The zero-order valence-electron chi connectivity index (χ0n) is 18.1. The number of halogens is 1. The third-order valence-electron chi connectivity index (χ3n) is 3.09. The number of hydrogen-bond acceptors (Lipinski definition) is 0. The van der Waals surface area contributed by atoms with Crippen molar-refractivity contribution in [2.75, 3.05) is 0 Å². The summed E-state index contributed by atoms with van der Waals surface area (Å²) in [5, 5.41) is 0. The van der Waals surface area contributed by atoms with Crippen LogP contribution in [0.2, 0.25) is 0 Å². The molecule has 0 aliphatic carbocycles. The maximum atomic E-state index is 7.50. The summed E-state index contributed by atoms with van der Waals surface area (Å²) in [6.07, 6.45) is 7.71. The van der Waals surface area contributed by atoms with Gasteiger partial charge in [-0.25, -0.2) is 0 Å². The summed E-state index contributed by atoms with van der Waals surface area (Å²) in [6.45, 7) is 27.0. The third kappa shape index (κ3) is 39.2. The molecule has 0 aliphatic rings. The number of rotatable bonds is 5. The monoisotopic (exact) mass is 624 g/mol. The van der Waals surface area contributed by atoms with Crippen LogP contribution in [0.1, 0.15) is 30.4 Å². The number of benzene rings is 2. The molecule has 0 fully saturated rings. The Bertz CT molecular complexity index is 831. The van der Waals surface area contributed by atoms with Gasteiger partial charge < -0.3 is 0 Å². The van der Waals surface area contributed by atoms with E-state index in [9.17, 15) is 0 Å². The van der Waals surface area contributed by atoms with Crippen LogP contribution in [0.5, 0.6) is 0 Å². The molecule has 0 aliphatic heterocycles. The Morgan fingerprint density at radius 2 is 1.09 bits per heavy atom. The van der Waals surface area contributed by atoms with Gasteiger partial charge in [0.15, 0.2) is 0 Å². The average Bonchev–Trinajstić information content (AvgIpc) is 2.95. The molecule has 0 heterocycles. The van der Waals surface area contributed by atoms with Gasteiger partial charge in [0.2, 0.25) is 0 Å². The van der Waals surface area contributed by atoms with Gasteiger partial charge in [-0.15, -0.1) is 0 Å². The number of alkyl halides is 1. The molecule has 9 heteroatoms. The number of unbranched alkanes of at least 4 members (excludes halogenated alkanes) is 1. The zero-order valence-corrected chi connectivity index (χ0v) is 21.8. The Balaban J connectivity index is -0.0000000982. The molecule has 0 N–H and O–H groups in total. The van der Waals surface area contributed by atoms with Gasteiger partial charge in [-0.1, -0.05) is 88.5 Å². The Morgan fingerprint density at radius 1 is 0.686 bits per heavy atom. The van der Waals surface area contributed by atoms with Crippen molar-refractivity contribution in [2.24, 2.45) is 0 Å². The Morgan fingerprint density at radius 3 is 1.51 bits per heavy atom. The predicted molar refractivity (Wildman–Crippen MR) is 119 cm³/mol. The second-order valence-electron chi connectivity index (χ2n) is 4.85. The topological polar surface area (TPSA) is 119 Å². The van der Waals surface area contributed by atoms with E-state index in [-0.39, 0.29) is 38.4 Å². The number of hydrogen-bond donors (Lipinski definition) is 0. The van der Waals surface area contributed by atoms with Crippen LogP contribution in [0.25, 0.3) is 6.08 Å². The van der Waals surface area contributed by atoms with E-state index in [2.05, 4.69) is 104 Å². The molecule has 0 amide bonds. The molecular formula is C26H19BrCo2O6. The molecule has 2 rings (SSSR count). The summed E-state index contributed by atoms with van der Waals surface area (Å²) in [4.78, 5) is 0.267. The van der Waals surface area contributed by atoms with Crippen LogP contribution in [0, 0.1) is 51.7 Å². The second kappa shape index (κ2) is 53.2. The quantitative estimate of drug-likeness (QED) is 0.138. The zero-order chi connectivity index (χ0) is 26.8. The van der Waals surface area contributed by atoms with Crippen LogP contribution in [0.15, 0.2) is 66.7 Å². The fraction of sp³-hybridized carbons (Fsp3) is 0.154. The maximum Gasteiger partial charge on any atom is 0 e. The summed E-state index contributed by atoms with van der Waals surface area (Å²) in [7, 11) is 0. The van der Waals surface area contributed by atoms with Crippen molar-refractivity contribution < 1.29 is 61.5 Å². The SMILES string of the molecule is BrC(C#Cc1ccccc1)CCC/C=C/c1ccccc1.[C-]#[O+].[C-]#[O+].[C-]#[O+].[C-]#[O+].[C-]#[O+].[C-]#[O+].[Co].[Co]. The third-order valence-corrected chi connectivity index (χ3v) is 3.77. The van der Waals surface area contributed by atoms with Crippen LogP contribution in [-0.2, 0) is 61.5 Å². The van der Waals surface area contributed by atoms with Gasteiger partial charge in [0.05, 0.1) is 4.83 Å². The molecular weight excluding hydrogens is 606 g/mol. The molecule has 0 saturated heterocycles. The fourth-order valence-corrected chi connectivity index (χ4v) is 2.39. The first kappa shape index (κ1) is 49.7. The summed E-state index contributed by atoms with van der Waals surface area (Å²) < 4.78 is 45.0. The Labute approximate surface area is 236 Å². The van der Waals surface area contributed by atoms with Crippen molar-refractivity contribution in [3.63, 3.8) is 0 Å². The molecule has 0 spiro atoms. The van der Waals surface area contributed by atoms with Gasteiger partial charge in [-0.2, -0.15) is 0 Å². The molecule has 35 heavy (non-hydrogen) atoms. The van der Waals surface area contributed by atoms with Crippen LogP contribution in [-0.4, -0.2) is 4.83 Å². The second-order valence-corrected chi connectivity index (χ2v) is 5.95. The molecule has 184 valence electrons. The van der Waals surface area contributed by atoms with Gasteiger partial charge in [0.25, 0.3) is 0 Å². The maximum absolute atomic E-state index is 7.50. The minimum absolute atomic E-state index is 0. The van der Waals surface area contributed by atoms with Crippen molar-refractivity contribution >= 4 is 22.0 Å². The number of allylic oxidation sites excluding steroid dienone is 1. The van der Waals surface area contributed by atoms with E-state index in [1.54, 1.807) is 0 Å². The molecule has 1 unspecified atom stereocenters. The minimum atomic E-state index is 0. The largest absolute Gasteiger partial charge is 0 e. The molecule has 0 bridgehead atoms. The van der Waals surface area contributed by atoms with Crippen LogP contribution in [0.3, 0.4) is 0 Å². The fourth-order valence-electron chi connectivity index (χ4n) is 1.95. The Kier molecular flexibility index (Phi) is 75.6. The van der Waals surface area contributed by atoms with E-state index in [4.69, 9.17) is 27.9 Å². The van der Waals surface area contributed by atoms with Gasteiger partial charge in [-0.3, -0.25) is 0 Å². The molecule has 2 radical (unpaired) electrons. The molecule has 2 aromatic rings. The van der Waals surface area contributed by atoms with Gasteiger partial charge in [-0.05, 0) is 37.0 Å². The van der Waals surface area contributed by atoms with Crippen molar-refractivity contribution in [1.82, 2.24) is 0 Å².